The smallest absolute Gasteiger partial charge is 0.323 e. The Morgan fingerprint density at radius 3 is 1.20 bits per heavy atom. The van der Waals surface area contributed by atoms with Gasteiger partial charge >= 0.3 is 11.9 Å². The molecule has 12 aliphatic heterocycles. The highest BCUT2D eigenvalue weighted by atomic mass is 19.3. The summed E-state index contributed by atoms with van der Waals surface area (Å²) in [6.07, 6.45) is 20.2. The van der Waals surface area contributed by atoms with Gasteiger partial charge in [0.15, 0.2) is 0 Å². The molecule has 12 rings (SSSR count). The van der Waals surface area contributed by atoms with E-state index in [0.717, 1.165) is 182 Å². The molecule has 19 nitrogen and oxygen atoms in total. The normalized spacial score (nSPS) is 30.0. The van der Waals surface area contributed by atoms with Gasteiger partial charge in [0, 0.05) is 87.2 Å². The third-order valence-electron chi connectivity index (χ3n) is 19.9. The topological polar surface area (TPSA) is 162 Å². The number of carbonyl (C=O) groups is 5. The number of nitrogens with one attached hydrogen (secondary N) is 1. The lowest BCUT2D eigenvalue weighted by Gasteiger charge is -2.47. The van der Waals surface area contributed by atoms with E-state index in [1.54, 1.807) is 0 Å². The van der Waals surface area contributed by atoms with Crippen molar-refractivity contribution in [3.8, 4) is 0 Å². The highest BCUT2D eigenvalue weighted by Gasteiger charge is 2.47. The number of esters is 2. The van der Waals surface area contributed by atoms with E-state index in [4.69, 9.17) is 9.47 Å². The van der Waals surface area contributed by atoms with Gasteiger partial charge in [-0.05, 0) is 184 Å². The molecule has 12 fully saturated rings. The van der Waals surface area contributed by atoms with Gasteiger partial charge in [0.1, 0.15) is 12.1 Å². The Balaban J connectivity index is 0.000000140. The van der Waals surface area contributed by atoms with E-state index >= 15 is 0 Å². The number of hydrogen-bond acceptors (Lipinski definition) is 15. The van der Waals surface area contributed by atoms with Gasteiger partial charge in [0.05, 0.1) is 27.3 Å². The van der Waals surface area contributed by atoms with Crippen LogP contribution < -0.4 is 5.32 Å². The molecular weight excluding hydrogens is 1040 g/mol. The average molecular weight is 1150 g/mol. The van der Waals surface area contributed by atoms with Gasteiger partial charge in [-0.15, -0.1) is 13.1 Å². The summed E-state index contributed by atoms with van der Waals surface area (Å²) in [5.74, 6) is -1.41. The maximum Gasteiger partial charge on any atom is 0.323 e. The van der Waals surface area contributed by atoms with Crippen LogP contribution >= 0.6 is 0 Å². The van der Waals surface area contributed by atoms with Crippen molar-refractivity contribution >= 4 is 29.7 Å². The minimum Gasteiger partial charge on any atom is -0.662 e. The van der Waals surface area contributed by atoms with Crippen LogP contribution in [0.25, 0.3) is 5.32 Å². The molecule has 0 aromatic rings. The van der Waals surface area contributed by atoms with Crippen LogP contribution in [-0.2, 0) is 33.4 Å². The average Bonchev–Trinajstić information content (AvgIpc) is 3.64. The number of piperidine rings is 6. The van der Waals surface area contributed by atoms with E-state index in [-0.39, 0.29) is 37.1 Å². The second-order valence-corrected chi connectivity index (χ2v) is 25.4. The zero-order valence-electron chi connectivity index (χ0n) is 51.3. The summed E-state index contributed by atoms with van der Waals surface area (Å²) in [4.78, 5) is 78.9. The first-order chi connectivity index (χ1) is 38.9. The molecule has 12 heterocycles. The van der Waals surface area contributed by atoms with Crippen molar-refractivity contribution in [1.82, 2.24) is 54.3 Å². The second kappa shape index (κ2) is 31.8. The van der Waals surface area contributed by atoms with Crippen LogP contribution in [0.15, 0.2) is 0 Å². The summed E-state index contributed by atoms with van der Waals surface area (Å²) in [6.45, 7) is 20.5. The van der Waals surface area contributed by atoms with E-state index in [9.17, 15) is 32.8 Å². The van der Waals surface area contributed by atoms with Crippen LogP contribution in [0.4, 0.5) is 8.78 Å². The number of ether oxygens (including phenoxy) is 2. The number of hydrogen-bond donors (Lipinski definition) is 1. The van der Waals surface area contributed by atoms with Crippen molar-refractivity contribution in [2.45, 2.75) is 202 Å². The SMILES string of the molecule is CCC1CC(=O)N1C1CCN(C)CC1.CC[C@H]1CC(=O)N1C1CCNCC1.CN1CCC(N2CC(F)(F)C2)CC1.COC(=O)C1CCN1C1CCN(C)CC1.COC(=O)[C@H]1CCN1C1CCN(C)CC1.O=C1CCN1C1CC[N-]CC1. The van der Waals surface area contributed by atoms with E-state index in [1.807, 2.05) is 9.80 Å². The van der Waals surface area contributed by atoms with Crippen molar-refractivity contribution in [3.05, 3.63) is 5.32 Å². The summed E-state index contributed by atoms with van der Waals surface area (Å²) in [5.41, 5.74) is 0. The molecule has 2 unspecified atom stereocenters. The quantitative estimate of drug-likeness (QED) is 0.244. The maximum absolute atomic E-state index is 12.6. The standard InChI is InChI=1S/2C11H20N2O2.C11H20N2O.C10H18N2O.C9H16F2N2.C8H13N2O/c2*1-12-6-3-9(4-7-12)13-8-5-10(13)11(14)15-2;1-3-9-8-11(14)13(9)10-4-6-12(2)7-5-10;1-2-8-7-10(13)12(8)9-3-5-11-6-4-9;1-12-4-2-8(3-5-12)13-6-9(10,11)7-13;11-8-3-6-10(8)7-1-4-9-5-2-7/h2*9-10H,3-8H2,1-2H3;9-10H,3-8H2,1-2H3;8-9,11H,2-7H2,1H3;8H,2-7H2,1H3;7H,1-6H2/q;;;;;-1/t10-;;;8-;;/m1..0../s1. The van der Waals surface area contributed by atoms with Crippen LogP contribution in [0, 0.1) is 0 Å². The van der Waals surface area contributed by atoms with Crippen molar-refractivity contribution in [2.24, 2.45) is 0 Å². The third-order valence-corrected chi connectivity index (χ3v) is 19.9. The molecule has 81 heavy (non-hydrogen) atoms. The first-order valence-electron chi connectivity index (χ1n) is 31.7. The largest absolute Gasteiger partial charge is 0.662 e. The number of nitrogens with zero attached hydrogens (tertiary/aromatic N) is 11. The molecule has 0 radical (unpaired) electrons. The summed E-state index contributed by atoms with van der Waals surface area (Å²) in [7, 11) is 11.5. The first-order valence-corrected chi connectivity index (χ1v) is 31.7. The summed E-state index contributed by atoms with van der Waals surface area (Å²) >= 11 is 0. The summed E-state index contributed by atoms with van der Waals surface area (Å²) in [5, 5.41) is 7.58. The Hall–Kier alpha value is -3.15. The molecule has 0 saturated carbocycles. The second-order valence-electron chi connectivity index (χ2n) is 25.4. The molecule has 464 valence electrons. The van der Waals surface area contributed by atoms with Crippen LogP contribution in [-0.4, -0.2) is 299 Å². The fraction of sp³-hybridized carbons (Fsp3) is 0.917. The zero-order valence-corrected chi connectivity index (χ0v) is 51.3. The molecule has 0 spiro atoms. The number of amides is 3. The Morgan fingerprint density at radius 1 is 0.506 bits per heavy atom. The number of halogens is 2. The number of carbonyl (C=O) groups excluding carboxylic acids is 5. The molecule has 12 aliphatic rings. The lowest BCUT2D eigenvalue weighted by molar-refractivity contribution is -0.155. The molecular formula is C60H107F2N12O7-. The number of β-lactam (4-membered cyclic amide) rings is 3. The van der Waals surface area contributed by atoms with E-state index < -0.39 is 5.92 Å². The number of likely N-dealkylation sites (tertiary alicyclic amines) is 10. The Morgan fingerprint density at radius 2 is 0.889 bits per heavy atom. The minimum atomic E-state index is -2.40. The van der Waals surface area contributed by atoms with Crippen LogP contribution in [0.1, 0.15) is 136 Å². The molecule has 0 aromatic heterocycles. The predicted octanol–water partition coefficient (Wildman–Crippen LogP) is 4.28. The molecule has 12 saturated heterocycles. The fourth-order valence-electron chi connectivity index (χ4n) is 14.1. The van der Waals surface area contributed by atoms with Gasteiger partial charge in [0.25, 0.3) is 5.92 Å². The van der Waals surface area contributed by atoms with Gasteiger partial charge in [0.2, 0.25) is 17.7 Å². The molecule has 4 atom stereocenters. The van der Waals surface area contributed by atoms with E-state index in [0.29, 0.717) is 66.1 Å². The predicted molar refractivity (Wildman–Crippen MR) is 312 cm³/mol. The van der Waals surface area contributed by atoms with Crippen LogP contribution in [0.2, 0.25) is 0 Å². The highest BCUT2D eigenvalue weighted by Crippen LogP contribution is 2.34. The summed E-state index contributed by atoms with van der Waals surface area (Å²) < 4.78 is 34.7. The zero-order chi connectivity index (χ0) is 58.2. The Bertz CT molecular complexity index is 1900. The molecule has 1 N–H and O–H groups in total. The highest BCUT2D eigenvalue weighted by molar-refractivity contribution is 5.84. The van der Waals surface area contributed by atoms with Gasteiger partial charge < -0.3 is 54.4 Å². The Labute approximate surface area is 485 Å². The molecule has 0 aromatic carbocycles. The van der Waals surface area contributed by atoms with Crippen molar-refractivity contribution in [3.63, 3.8) is 0 Å². The molecule has 0 bridgehead atoms. The van der Waals surface area contributed by atoms with Gasteiger partial charge in [-0.3, -0.25) is 38.7 Å². The van der Waals surface area contributed by atoms with Crippen LogP contribution in [0.3, 0.4) is 0 Å². The number of rotatable bonds is 10. The van der Waals surface area contributed by atoms with Crippen molar-refractivity contribution in [1.29, 1.82) is 0 Å². The molecule has 21 heteroatoms. The third kappa shape index (κ3) is 18.2. The maximum atomic E-state index is 12.6. The van der Waals surface area contributed by atoms with Crippen molar-refractivity contribution < 1.29 is 42.2 Å². The lowest BCUT2D eigenvalue weighted by Crippen LogP contribution is -2.61. The molecule has 3 amide bonds. The summed E-state index contributed by atoms with van der Waals surface area (Å²) in [6, 6.07) is 4.39. The van der Waals surface area contributed by atoms with Gasteiger partial charge in [-0.1, -0.05) is 26.7 Å². The van der Waals surface area contributed by atoms with Crippen molar-refractivity contribution in [2.75, 3.05) is 154 Å². The minimum absolute atomic E-state index is 0.0125. The van der Waals surface area contributed by atoms with E-state index in [1.165, 1.54) is 52.7 Å². The number of methoxy groups -OCH3 is 2. The van der Waals surface area contributed by atoms with Gasteiger partial charge in [-0.2, -0.15) is 0 Å². The first kappa shape index (κ1) is 65.4. The molecule has 0 aliphatic carbocycles. The number of alkyl halides is 2. The fourth-order valence-corrected chi connectivity index (χ4v) is 14.1. The lowest BCUT2D eigenvalue weighted by atomic mass is 9.92. The van der Waals surface area contributed by atoms with Crippen LogP contribution in [0.5, 0.6) is 0 Å². The Kier molecular flexibility index (Phi) is 25.7. The monoisotopic (exact) mass is 1150 g/mol. The van der Waals surface area contributed by atoms with E-state index in [2.05, 4.69) is 91.9 Å². The van der Waals surface area contributed by atoms with Gasteiger partial charge in [-0.25, -0.2) is 8.78 Å².